The number of fused-ring (bicyclic) bond motifs is 1. The molecule has 1 aliphatic rings. The van der Waals surface area contributed by atoms with Crippen molar-refractivity contribution in [1.29, 1.82) is 0 Å². The predicted octanol–water partition coefficient (Wildman–Crippen LogP) is 4.20. The Kier molecular flexibility index (Phi) is 6.34. The molecular formula is C23H22O6. The highest BCUT2D eigenvalue weighted by atomic mass is 16.6. The third-order valence-electron chi connectivity index (χ3n) is 4.03. The largest absolute Gasteiger partial charge is 0.496 e. The molecule has 6 nitrogen and oxygen atoms in total. The molecule has 150 valence electrons. The molecule has 0 saturated heterocycles. The van der Waals surface area contributed by atoms with Gasteiger partial charge in [0.1, 0.15) is 17.2 Å². The number of allylic oxidation sites excluding steroid dienone is 3. The Morgan fingerprint density at radius 3 is 2.72 bits per heavy atom. The lowest BCUT2D eigenvalue weighted by atomic mass is 10.1. The first-order chi connectivity index (χ1) is 14.0. The zero-order valence-electron chi connectivity index (χ0n) is 16.5. The van der Waals surface area contributed by atoms with Crippen LogP contribution in [0, 0.1) is 0 Å². The zero-order valence-corrected chi connectivity index (χ0v) is 16.5. The molecule has 1 aliphatic heterocycles. The van der Waals surface area contributed by atoms with Crippen molar-refractivity contribution in [2.45, 2.75) is 20.0 Å². The van der Waals surface area contributed by atoms with E-state index in [9.17, 15) is 9.59 Å². The van der Waals surface area contributed by atoms with Crippen molar-refractivity contribution in [3.8, 4) is 17.2 Å². The smallest absolute Gasteiger partial charge is 0.344 e. The van der Waals surface area contributed by atoms with E-state index >= 15 is 0 Å². The lowest BCUT2D eigenvalue weighted by molar-refractivity contribution is -0.149. The third kappa shape index (κ3) is 5.04. The third-order valence-corrected chi connectivity index (χ3v) is 4.03. The van der Waals surface area contributed by atoms with Gasteiger partial charge in [0.15, 0.2) is 12.4 Å². The lowest BCUT2D eigenvalue weighted by Gasteiger charge is -2.09. The quantitative estimate of drug-likeness (QED) is 0.518. The number of esters is 1. The number of hydrogen-bond donors (Lipinski definition) is 0. The molecule has 2 aromatic rings. The maximum absolute atomic E-state index is 12.5. The molecular weight excluding hydrogens is 372 g/mol. The normalized spacial score (nSPS) is 14.2. The van der Waals surface area contributed by atoms with E-state index in [0.29, 0.717) is 17.1 Å². The van der Waals surface area contributed by atoms with Crippen molar-refractivity contribution < 1.29 is 28.5 Å². The Balaban J connectivity index is 1.68. The first-order valence-electron chi connectivity index (χ1n) is 9.18. The van der Waals surface area contributed by atoms with Gasteiger partial charge in [-0.25, -0.2) is 4.79 Å². The SMILES string of the molecule is COc1ccccc1/C=C/C=C1\Oc2cc(OCC(=O)OC(C)C)ccc2C1=O. The molecule has 0 amide bonds. The Morgan fingerprint density at radius 2 is 1.97 bits per heavy atom. The van der Waals surface area contributed by atoms with Crippen LogP contribution in [0.3, 0.4) is 0 Å². The van der Waals surface area contributed by atoms with Crippen LogP contribution in [0.4, 0.5) is 0 Å². The maximum atomic E-state index is 12.5. The summed E-state index contributed by atoms with van der Waals surface area (Å²) in [5, 5.41) is 0. The fourth-order valence-corrected chi connectivity index (χ4v) is 2.75. The van der Waals surface area contributed by atoms with E-state index in [1.54, 1.807) is 51.3 Å². The molecule has 0 spiro atoms. The summed E-state index contributed by atoms with van der Waals surface area (Å²) in [6.45, 7) is 3.32. The maximum Gasteiger partial charge on any atom is 0.344 e. The summed E-state index contributed by atoms with van der Waals surface area (Å²) in [6.07, 6.45) is 4.97. The van der Waals surface area contributed by atoms with Gasteiger partial charge >= 0.3 is 5.97 Å². The van der Waals surface area contributed by atoms with Crippen molar-refractivity contribution in [3.05, 3.63) is 71.5 Å². The van der Waals surface area contributed by atoms with E-state index in [4.69, 9.17) is 18.9 Å². The molecule has 2 aromatic carbocycles. The fraction of sp³-hybridized carbons (Fsp3) is 0.217. The van der Waals surface area contributed by atoms with Crippen molar-refractivity contribution in [2.24, 2.45) is 0 Å². The second-order valence-electron chi connectivity index (χ2n) is 6.55. The van der Waals surface area contributed by atoms with Crippen molar-refractivity contribution in [3.63, 3.8) is 0 Å². The Hall–Kier alpha value is -3.54. The van der Waals surface area contributed by atoms with Gasteiger partial charge in [0.25, 0.3) is 0 Å². The first kappa shape index (κ1) is 20.2. The number of benzene rings is 2. The van der Waals surface area contributed by atoms with Gasteiger partial charge in [-0.3, -0.25) is 4.79 Å². The molecule has 0 atom stereocenters. The highest BCUT2D eigenvalue weighted by Crippen LogP contribution is 2.34. The number of Topliss-reactive ketones (excluding diaryl/α,β-unsaturated/α-hetero) is 1. The van der Waals surface area contributed by atoms with Gasteiger partial charge in [-0.1, -0.05) is 30.4 Å². The number of methoxy groups -OCH3 is 1. The number of rotatable bonds is 7. The molecule has 6 heteroatoms. The molecule has 0 aliphatic carbocycles. The number of carbonyl (C=O) groups is 2. The van der Waals surface area contributed by atoms with Crippen LogP contribution in [0.25, 0.3) is 6.08 Å². The highest BCUT2D eigenvalue weighted by molar-refractivity contribution is 6.12. The lowest BCUT2D eigenvalue weighted by Crippen LogP contribution is -2.18. The van der Waals surface area contributed by atoms with Crippen LogP contribution in [0.2, 0.25) is 0 Å². The van der Waals surface area contributed by atoms with E-state index in [1.807, 2.05) is 30.3 Å². The summed E-state index contributed by atoms with van der Waals surface area (Å²) in [6, 6.07) is 12.4. The topological polar surface area (TPSA) is 71.1 Å². The van der Waals surface area contributed by atoms with Gasteiger partial charge in [0, 0.05) is 11.6 Å². The molecule has 0 N–H and O–H groups in total. The summed E-state index contributed by atoms with van der Waals surface area (Å²) >= 11 is 0. The standard InChI is InChI=1S/C23H22O6/c1-15(2)28-22(24)14-27-17-11-12-18-21(13-17)29-20(23(18)25)10-6-8-16-7-4-5-9-19(16)26-3/h4-13,15H,14H2,1-3H3/b8-6+,20-10-. The molecule has 0 aromatic heterocycles. The van der Waals surface area contributed by atoms with Crippen LogP contribution in [0.15, 0.2) is 60.4 Å². The molecule has 0 saturated carbocycles. The van der Waals surface area contributed by atoms with Gasteiger partial charge in [0.2, 0.25) is 5.78 Å². The van der Waals surface area contributed by atoms with Gasteiger partial charge in [-0.05, 0) is 38.1 Å². The van der Waals surface area contributed by atoms with Gasteiger partial charge in [-0.2, -0.15) is 0 Å². The molecule has 29 heavy (non-hydrogen) atoms. The number of ether oxygens (including phenoxy) is 4. The van der Waals surface area contributed by atoms with Crippen molar-refractivity contribution in [2.75, 3.05) is 13.7 Å². The molecule has 1 heterocycles. The van der Waals surface area contributed by atoms with Crippen LogP contribution < -0.4 is 14.2 Å². The fourth-order valence-electron chi connectivity index (χ4n) is 2.75. The first-order valence-corrected chi connectivity index (χ1v) is 9.18. The minimum atomic E-state index is -0.459. The average Bonchev–Trinajstić information content (AvgIpc) is 3.01. The summed E-state index contributed by atoms with van der Waals surface area (Å²) < 4.78 is 21.4. The van der Waals surface area contributed by atoms with Crippen LogP contribution >= 0.6 is 0 Å². The predicted molar refractivity (Wildman–Crippen MR) is 108 cm³/mol. The second-order valence-corrected chi connectivity index (χ2v) is 6.55. The molecule has 0 radical (unpaired) electrons. The zero-order chi connectivity index (χ0) is 20.8. The second kappa shape index (κ2) is 9.10. The Labute approximate surface area is 169 Å². The van der Waals surface area contributed by atoms with E-state index < -0.39 is 5.97 Å². The van der Waals surface area contributed by atoms with Crippen molar-refractivity contribution in [1.82, 2.24) is 0 Å². The minimum absolute atomic E-state index is 0.205. The van der Waals surface area contributed by atoms with Crippen LogP contribution in [-0.2, 0) is 9.53 Å². The minimum Gasteiger partial charge on any atom is -0.496 e. The van der Waals surface area contributed by atoms with E-state index in [-0.39, 0.29) is 24.3 Å². The molecule has 0 fully saturated rings. The van der Waals surface area contributed by atoms with Gasteiger partial charge < -0.3 is 18.9 Å². The summed E-state index contributed by atoms with van der Waals surface area (Å²) in [7, 11) is 1.60. The van der Waals surface area contributed by atoms with E-state index in [1.165, 1.54) is 0 Å². The number of ketones is 1. The average molecular weight is 394 g/mol. The summed E-state index contributed by atoms with van der Waals surface area (Å²) in [5.74, 6) is 1.09. The Bertz CT molecular complexity index is 971. The number of carbonyl (C=O) groups excluding carboxylic acids is 2. The van der Waals surface area contributed by atoms with E-state index in [2.05, 4.69) is 0 Å². The van der Waals surface area contributed by atoms with Gasteiger partial charge in [0.05, 0.1) is 18.8 Å². The van der Waals surface area contributed by atoms with E-state index in [0.717, 1.165) is 11.3 Å². The number of para-hydroxylation sites is 1. The number of hydrogen-bond acceptors (Lipinski definition) is 6. The molecule has 3 rings (SSSR count). The summed E-state index contributed by atoms with van der Waals surface area (Å²) in [4.78, 5) is 24.1. The molecule has 0 unspecified atom stereocenters. The highest BCUT2D eigenvalue weighted by Gasteiger charge is 2.27. The molecule has 0 bridgehead atoms. The van der Waals surface area contributed by atoms with Gasteiger partial charge in [-0.15, -0.1) is 0 Å². The monoisotopic (exact) mass is 394 g/mol. The van der Waals surface area contributed by atoms with Crippen LogP contribution in [0.5, 0.6) is 17.2 Å². The van der Waals surface area contributed by atoms with Crippen LogP contribution in [0.1, 0.15) is 29.8 Å². The van der Waals surface area contributed by atoms with Crippen LogP contribution in [-0.4, -0.2) is 31.6 Å². The summed E-state index contributed by atoms with van der Waals surface area (Å²) in [5.41, 5.74) is 1.33. The van der Waals surface area contributed by atoms with Crippen molar-refractivity contribution >= 4 is 17.8 Å². The Morgan fingerprint density at radius 1 is 1.17 bits per heavy atom.